The molecule has 0 N–H and O–H groups in total. The molecule has 0 aromatic heterocycles. The summed E-state index contributed by atoms with van der Waals surface area (Å²) in [6, 6.07) is 8.06. The predicted molar refractivity (Wildman–Crippen MR) is 74.7 cm³/mol. The van der Waals surface area contributed by atoms with E-state index in [0.717, 1.165) is 0 Å². The fourth-order valence-corrected chi connectivity index (χ4v) is 2.19. The van der Waals surface area contributed by atoms with E-state index >= 15 is 0 Å². The van der Waals surface area contributed by atoms with Crippen LogP contribution in [-0.2, 0) is 0 Å². The molecule has 0 atom stereocenters. The molecule has 0 bridgehead atoms. The molecular weight excluding hydrogens is 331 g/mol. The Morgan fingerprint density at radius 2 is 1.61 bits per heavy atom. The van der Waals surface area contributed by atoms with E-state index in [2.05, 4.69) is 6.92 Å². The third kappa shape index (κ3) is 10.6. The van der Waals surface area contributed by atoms with Crippen LogP contribution in [-0.4, -0.2) is 28.5 Å². The number of unbranched alkanes of at least 4 members (excludes halogenated alkanes) is 5. The van der Waals surface area contributed by atoms with Gasteiger partial charge < -0.3 is 9.90 Å². The predicted octanol–water partition coefficient (Wildman–Crippen LogP) is 2.98. The van der Waals surface area contributed by atoms with Crippen molar-refractivity contribution in [1.82, 2.24) is 0 Å². The Morgan fingerprint density at radius 3 is 2.06 bits per heavy atom. The molecule has 0 spiro atoms. The molecule has 0 saturated carbocycles. The molecule has 0 heterocycles. The number of rotatable bonds is 7. The second-order valence-electron chi connectivity index (χ2n) is 4.17. The van der Waals surface area contributed by atoms with Crippen LogP contribution in [0.15, 0.2) is 30.3 Å². The van der Waals surface area contributed by atoms with Gasteiger partial charge in [-0.3, -0.25) is 0 Å². The minimum absolute atomic E-state index is 0.220. The van der Waals surface area contributed by atoms with Gasteiger partial charge in [-0.25, -0.2) is 0 Å². The molecule has 1 aromatic carbocycles. The van der Waals surface area contributed by atoms with Crippen molar-refractivity contribution in [3.63, 3.8) is 0 Å². The van der Waals surface area contributed by atoms with Gasteiger partial charge in [-0.2, -0.15) is 0 Å². The molecular formula is C15H22O2Sn. The smallest absolute Gasteiger partial charge is 0.0715 e. The minimum atomic E-state index is -1.13. The zero-order valence-corrected chi connectivity index (χ0v) is 14.0. The normalized spacial score (nSPS) is 9.39. The standard InChI is InChI=1S/C8H17.C7H6O2.Sn/c1-3-5-7-8-6-4-2;8-7(9)6-4-2-1-3-5-6;/h1,3-8H2,2H3;1-5H,(H,8,9);/q;;+1/p-1. The van der Waals surface area contributed by atoms with E-state index in [1.807, 2.05) is 0 Å². The molecule has 0 saturated heterocycles. The second kappa shape index (κ2) is 12.9. The van der Waals surface area contributed by atoms with Crippen molar-refractivity contribution >= 4 is 28.5 Å². The number of benzene rings is 1. The van der Waals surface area contributed by atoms with Gasteiger partial charge in [0.15, 0.2) is 0 Å². The van der Waals surface area contributed by atoms with E-state index in [4.69, 9.17) is 0 Å². The van der Waals surface area contributed by atoms with E-state index in [9.17, 15) is 9.90 Å². The van der Waals surface area contributed by atoms with Crippen molar-refractivity contribution in [1.29, 1.82) is 0 Å². The van der Waals surface area contributed by atoms with Gasteiger partial charge in [0.1, 0.15) is 0 Å². The minimum Gasteiger partial charge on any atom is -0.545 e. The van der Waals surface area contributed by atoms with Crippen LogP contribution in [0.2, 0.25) is 4.44 Å². The SMILES string of the molecule is CCCCCCC[CH2][Sn+].O=C([O-])c1ccccc1. The van der Waals surface area contributed by atoms with Crippen LogP contribution in [0.4, 0.5) is 0 Å². The molecule has 0 amide bonds. The summed E-state index contributed by atoms with van der Waals surface area (Å²) in [5, 5.41) is 10.1. The summed E-state index contributed by atoms with van der Waals surface area (Å²) in [5.74, 6) is -1.13. The Morgan fingerprint density at radius 1 is 1.06 bits per heavy atom. The van der Waals surface area contributed by atoms with E-state index in [0.29, 0.717) is 0 Å². The number of carbonyl (C=O) groups excluding carboxylic acids is 1. The first-order valence-electron chi connectivity index (χ1n) is 6.63. The van der Waals surface area contributed by atoms with Crippen LogP contribution < -0.4 is 5.11 Å². The summed E-state index contributed by atoms with van der Waals surface area (Å²) in [7, 11) is 0. The largest absolute Gasteiger partial charge is 0.545 e. The molecule has 2 nitrogen and oxygen atoms in total. The van der Waals surface area contributed by atoms with Crippen LogP contribution in [0.5, 0.6) is 0 Å². The first kappa shape index (κ1) is 17.5. The third-order valence-corrected chi connectivity index (χ3v) is 3.55. The van der Waals surface area contributed by atoms with Crippen LogP contribution in [0, 0.1) is 0 Å². The monoisotopic (exact) mass is 354 g/mol. The van der Waals surface area contributed by atoms with E-state index in [1.165, 1.54) is 55.1 Å². The summed E-state index contributed by atoms with van der Waals surface area (Å²) >= 11 is 1.71. The molecule has 0 aliphatic carbocycles. The first-order chi connectivity index (χ1) is 8.72. The summed E-state index contributed by atoms with van der Waals surface area (Å²) in [5.41, 5.74) is 0.220. The molecule has 1 rings (SSSR count). The molecule has 0 aliphatic rings. The number of carboxylic acids is 1. The fraction of sp³-hybridized carbons (Fsp3) is 0.533. The maximum Gasteiger partial charge on any atom is 0.0715 e. The van der Waals surface area contributed by atoms with Gasteiger partial charge in [0, 0.05) is 0 Å². The molecule has 98 valence electrons. The maximum atomic E-state index is 10.1. The van der Waals surface area contributed by atoms with Gasteiger partial charge in [0.2, 0.25) is 0 Å². The number of hydrogen-bond donors (Lipinski definition) is 0. The van der Waals surface area contributed by atoms with E-state index < -0.39 is 5.97 Å². The van der Waals surface area contributed by atoms with Gasteiger partial charge in [0.05, 0.1) is 5.97 Å². The summed E-state index contributed by atoms with van der Waals surface area (Å²) in [6.07, 6.45) is 8.71. The zero-order valence-electron chi connectivity index (χ0n) is 11.2. The van der Waals surface area contributed by atoms with Gasteiger partial charge in [0.25, 0.3) is 0 Å². The molecule has 2 radical (unpaired) electrons. The van der Waals surface area contributed by atoms with E-state index in [-0.39, 0.29) is 5.56 Å². The third-order valence-electron chi connectivity index (χ3n) is 2.54. The molecule has 3 heteroatoms. The van der Waals surface area contributed by atoms with E-state index in [1.54, 1.807) is 40.7 Å². The average Bonchev–Trinajstić information content (AvgIpc) is 2.40. The van der Waals surface area contributed by atoms with Crippen LogP contribution >= 0.6 is 0 Å². The van der Waals surface area contributed by atoms with Crippen molar-refractivity contribution in [2.24, 2.45) is 0 Å². The van der Waals surface area contributed by atoms with Gasteiger partial charge in [-0.1, -0.05) is 30.3 Å². The van der Waals surface area contributed by atoms with Crippen molar-refractivity contribution in [3.05, 3.63) is 35.9 Å². The Hall–Kier alpha value is -0.511. The van der Waals surface area contributed by atoms with Crippen LogP contribution in [0.3, 0.4) is 0 Å². The summed E-state index contributed by atoms with van der Waals surface area (Å²) in [4.78, 5) is 10.1. The molecule has 0 unspecified atom stereocenters. The average molecular weight is 353 g/mol. The number of carbonyl (C=O) groups is 1. The number of hydrogen-bond acceptors (Lipinski definition) is 2. The van der Waals surface area contributed by atoms with Crippen molar-refractivity contribution in [2.45, 2.75) is 49.9 Å². The molecule has 18 heavy (non-hydrogen) atoms. The van der Waals surface area contributed by atoms with Crippen molar-refractivity contribution in [2.75, 3.05) is 0 Å². The molecule has 0 fully saturated rings. The van der Waals surface area contributed by atoms with Crippen molar-refractivity contribution < 1.29 is 9.90 Å². The molecule has 1 aromatic rings. The Kier molecular flexibility index (Phi) is 12.6. The topological polar surface area (TPSA) is 40.1 Å². The van der Waals surface area contributed by atoms with Crippen LogP contribution in [0.25, 0.3) is 0 Å². The Balaban J connectivity index is 0.000000321. The zero-order chi connectivity index (χ0) is 13.6. The first-order valence-corrected chi connectivity index (χ1v) is 8.65. The van der Waals surface area contributed by atoms with Gasteiger partial charge >= 0.3 is 72.4 Å². The Labute approximate surface area is 124 Å². The van der Waals surface area contributed by atoms with Gasteiger partial charge in [-0.15, -0.1) is 0 Å². The van der Waals surface area contributed by atoms with Crippen molar-refractivity contribution in [3.8, 4) is 0 Å². The number of aromatic carboxylic acids is 1. The quantitative estimate of drug-likeness (QED) is 0.559. The van der Waals surface area contributed by atoms with Gasteiger partial charge in [-0.05, 0) is 5.56 Å². The summed E-state index contributed by atoms with van der Waals surface area (Å²) in [6.45, 7) is 2.27. The van der Waals surface area contributed by atoms with Crippen LogP contribution in [0.1, 0.15) is 55.8 Å². The maximum absolute atomic E-state index is 10.1. The Bertz CT molecular complexity index is 293. The molecule has 0 aliphatic heterocycles. The number of carboxylic acid groups (broad SMARTS) is 1. The summed E-state index contributed by atoms with van der Waals surface area (Å²) < 4.78 is 1.46. The fourth-order valence-electron chi connectivity index (χ4n) is 1.48. The second-order valence-corrected chi connectivity index (χ2v) is 5.60.